The zero-order chi connectivity index (χ0) is 21.4. The molecule has 0 saturated carbocycles. The maximum atomic E-state index is 12.3. The largest absolute Gasteiger partial charge is 0.493 e. The summed E-state index contributed by atoms with van der Waals surface area (Å²) in [6, 6.07) is 10.7. The van der Waals surface area contributed by atoms with Gasteiger partial charge >= 0.3 is 0 Å². The van der Waals surface area contributed by atoms with Gasteiger partial charge in [0.25, 0.3) is 5.91 Å². The van der Waals surface area contributed by atoms with Crippen LogP contribution in [0.4, 0.5) is 0 Å². The van der Waals surface area contributed by atoms with Crippen LogP contribution in [0.1, 0.15) is 22.3 Å². The SMILES string of the molecule is COc1ccc(C(=O)NCCCNS(=O)(=O)c2cccc(C(=N)N)c2)cc1OC. The molecule has 0 aromatic heterocycles. The van der Waals surface area contributed by atoms with E-state index in [1.807, 2.05) is 0 Å². The summed E-state index contributed by atoms with van der Waals surface area (Å²) in [4.78, 5) is 12.2. The van der Waals surface area contributed by atoms with Crippen molar-refractivity contribution in [2.24, 2.45) is 5.73 Å². The van der Waals surface area contributed by atoms with Crippen LogP contribution in [0.15, 0.2) is 47.4 Å². The number of hydrogen-bond donors (Lipinski definition) is 4. The van der Waals surface area contributed by atoms with Crippen LogP contribution in [-0.2, 0) is 10.0 Å². The molecular formula is C19H24N4O5S. The fourth-order valence-corrected chi connectivity index (χ4v) is 3.61. The van der Waals surface area contributed by atoms with Gasteiger partial charge in [-0.05, 0) is 36.8 Å². The molecule has 0 radical (unpaired) electrons. The third kappa shape index (κ3) is 5.93. The van der Waals surface area contributed by atoms with Crippen LogP contribution >= 0.6 is 0 Å². The molecule has 2 aromatic rings. The number of benzene rings is 2. The Morgan fingerprint density at radius 2 is 1.76 bits per heavy atom. The van der Waals surface area contributed by atoms with Gasteiger partial charge in [-0.2, -0.15) is 0 Å². The molecule has 0 heterocycles. The zero-order valence-electron chi connectivity index (χ0n) is 16.2. The number of methoxy groups -OCH3 is 2. The Labute approximate surface area is 169 Å². The van der Waals surface area contributed by atoms with Gasteiger partial charge in [0, 0.05) is 24.2 Å². The van der Waals surface area contributed by atoms with Crippen molar-refractivity contribution in [3.8, 4) is 11.5 Å². The van der Waals surface area contributed by atoms with Gasteiger partial charge in [-0.3, -0.25) is 10.2 Å². The number of carbonyl (C=O) groups is 1. The first-order chi connectivity index (χ1) is 13.8. The summed E-state index contributed by atoms with van der Waals surface area (Å²) in [5, 5.41) is 10.1. The second-order valence-electron chi connectivity index (χ2n) is 6.02. The third-order valence-electron chi connectivity index (χ3n) is 4.03. The molecule has 0 aliphatic heterocycles. The summed E-state index contributed by atoms with van der Waals surface area (Å²) in [6.45, 7) is 0.419. The van der Waals surface area contributed by atoms with E-state index in [0.717, 1.165) is 0 Å². The second-order valence-corrected chi connectivity index (χ2v) is 7.79. The van der Waals surface area contributed by atoms with Crippen LogP contribution in [0.3, 0.4) is 0 Å². The number of rotatable bonds is 10. The van der Waals surface area contributed by atoms with Crippen molar-refractivity contribution in [3.63, 3.8) is 0 Å². The maximum Gasteiger partial charge on any atom is 0.251 e. The zero-order valence-corrected chi connectivity index (χ0v) is 17.0. The van der Waals surface area contributed by atoms with E-state index in [2.05, 4.69) is 10.0 Å². The summed E-state index contributed by atoms with van der Waals surface area (Å²) in [7, 11) is -0.738. The first-order valence-electron chi connectivity index (χ1n) is 8.73. The first-order valence-corrected chi connectivity index (χ1v) is 10.2. The molecule has 0 aliphatic rings. The molecule has 0 atom stereocenters. The van der Waals surface area contributed by atoms with E-state index in [1.54, 1.807) is 24.3 Å². The average Bonchev–Trinajstić information content (AvgIpc) is 2.72. The highest BCUT2D eigenvalue weighted by atomic mass is 32.2. The minimum absolute atomic E-state index is 0.0274. The van der Waals surface area contributed by atoms with Crippen molar-refractivity contribution in [2.45, 2.75) is 11.3 Å². The molecule has 156 valence electrons. The summed E-state index contributed by atoms with van der Waals surface area (Å²) < 4.78 is 37.4. The van der Waals surface area contributed by atoms with Gasteiger partial charge in [-0.15, -0.1) is 0 Å². The number of nitrogen functional groups attached to an aromatic ring is 1. The topological polar surface area (TPSA) is 144 Å². The molecule has 0 saturated heterocycles. The molecule has 0 spiro atoms. The summed E-state index contributed by atoms with van der Waals surface area (Å²) in [5.74, 6) is 0.455. The predicted octanol–water partition coefficient (Wildman–Crippen LogP) is 1.09. The number of nitrogens with two attached hydrogens (primary N) is 1. The Kier molecular flexibility index (Phi) is 7.57. The maximum absolute atomic E-state index is 12.3. The average molecular weight is 420 g/mol. The molecule has 0 bridgehead atoms. The van der Waals surface area contributed by atoms with Gasteiger partial charge in [-0.1, -0.05) is 12.1 Å². The molecule has 2 rings (SSSR count). The molecule has 0 aliphatic carbocycles. The van der Waals surface area contributed by atoms with Crippen LogP contribution in [0.25, 0.3) is 0 Å². The van der Waals surface area contributed by atoms with Crippen LogP contribution in [0.5, 0.6) is 11.5 Å². The van der Waals surface area contributed by atoms with Gasteiger partial charge in [0.1, 0.15) is 5.84 Å². The number of amidine groups is 1. The lowest BCUT2D eigenvalue weighted by atomic mass is 10.2. The Morgan fingerprint density at radius 1 is 1.03 bits per heavy atom. The molecule has 5 N–H and O–H groups in total. The molecule has 10 heteroatoms. The number of carbonyl (C=O) groups excluding carboxylic acids is 1. The number of amides is 1. The number of nitrogens with one attached hydrogen (secondary N) is 3. The van der Waals surface area contributed by atoms with Crippen LogP contribution in [0.2, 0.25) is 0 Å². The van der Waals surface area contributed by atoms with Crippen LogP contribution in [0, 0.1) is 5.41 Å². The smallest absolute Gasteiger partial charge is 0.251 e. The minimum Gasteiger partial charge on any atom is -0.493 e. The van der Waals surface area contributed by atoms with Gasteiger partial charge in [-0.25, -0.2) is 13.1 Å². The van der Waals surface area contributed by atoms with E-state index in [1.165, 1.54) is 32.4 Å². The summed E-state index contributed by atoms with van der Waals surface area (Å²) in [6.07, 6.45) is 0.394. The number of ether oxygens (including phenoxy) is 2. The Hall–Kier alpha value is -3.11. The van der Waals surface area contributed by atoms with Crippen molar-refractivity contribution in [3.05, 3.63) is 53.6 Å². The lowest BCUT2D eigenvalue weighted by Gasteiger charge is -2.10. The second kappa shape index (κ2) is 9.89. The summed E-state index contributed by atoms with van der Waals surface area (Å²) in [5.41, 5.74) is 6.12. The van der Waals surface area contributed by atoms with Crippen LogP contribution < -0.4 is 25.2 Å². The highest BCUT2D eigenvalue weighted by molar-refractivity contribution is 7.89. The highest BCUT2D eigenvalue weighted by Gasteiger charge is 2.15. The quantitative estimate of drug-likeness (QED) is 0.257. The first kappa shape index (κ1) is 22.2. The Bertz CT molecular complexity index is 992. The van der Waals surface area contributed by atoms with Crippen molar-refractivity contribution in [2.75, 3.05) is 27.3 Å². The molecule has 1 amide bonds. The molecule has 0 unspecified atom stereocenters. The molecule has 9 nitrogen and oxygen atoms in total. The Balaban J connectivity index is 1.85. The van der Waals surface area contributed by atoms with Crippen molar-refractivity contribution in [1.82, 2.24) is 10.0 Å². The van der Waals surface area contributed by atoms with Gasteiger partial charge in [0.05, 0.1) is 19.1 Å². The van der Waals surface area contributed by atoms with E-state index < -0.39 is 10.0 Å². The number of hydrogen-bond acceptors (Lipinski definition) is 6. The van der Waals surface area contributed by atoms with Gasteiger partial charge in [0.15, 0.2) is 11.5 Å². The fourth-order valence-electron chi connectivity index (χ4n) is 2.49. The van der Waals surface area contributed by atoms with E-state index in [-0.39, 0.29) is 29.7 Å². The third-order valence-corrected chi connectivity index (χ3v) is 5.49. The standard InChI is InChI=1S/C19H24N4O5S/c1-27-16-8-7-14(12-17(16)28-2)19(24)22-9-4-10-23-29(25,26)15-6-3-5-13(11-15)18(20)21/h3,5-8,11-12,23H,4,9-10H2,1-2H3,(H3,20,21)(H,22,24). The lowest BCUT2D eigenvalue weighted by molar-refractivity contribution is 0.0953. The van der Waals surface area contributed by atoms with Gasteiger partial charge in [0.2, 0.25) is 10.0 Å². The van der Waals surface area contributed by atoms with E-state index in [4.69, 9.17) is 20.6 Å². The van der Waals surface area contributed by atoms with Crippen LogP contribution in [-0.4, -0.2) is 47.5 Å². The molecule has 0 fully saturated rings. The highest BCUT2D eigenvalue weighted by Crippen LogP contribution is 2.27. The predicted molar refractivity (Wildman–Crippen MR) is 109 cm³/mol. The Morgan fingerprint density at radius 3 is 2.41 bits per heavy atom. The van der Waals surface area contributed by atoms with Gasteiger partial charge < -0.3 is 20.5 Å². The lowest BCUT2D eigenvalue weighted by Crippen LogP contribution is -2.30. The van der Waals surface area contributed by atoms with E-state index in [9.17, 15) is 13.2 Å². The molecule has 2 aromatic carbocycles. The normalized spacial score (nSPS) is 11.0. The molecule has 29 heavy (non-hydrogen) atoms. The number of sulfonamides is 1. The van der Waals surface area contributed by atoms with Crippen molar-refractivity contribution in [1.29, 1.82) is 5.41 Å². The monoisotopic (exact) mass is 420 g/mol. The van der Waals surface area contributed by atoms with Crippen molar-refractivity contribution >= 4 is 21.8 Å². The van der Waals surface area contributed by atoms with Crippen molar-refractivity contribution < 1.29 is 22.7 Å². The minimum atomic E-state index is -3.73. The van der Waals surface area contributed by atoms with E-state index >= 15 is 0 Å². The fraction of sp³-hybridized carbons (Fsp3) is 0.263. The molecular weight excluding hydrogens is 396 g/mol. The summed E-state index contributed by atoms with van der Waals surface area (Å²) >= 11 is 0. The van der Waals surface area contributed by atoms with E-state index in [0.29, 0.717) is 29.0 Å².